The van der Waals surface area contributed by atoms with Crippen molar-refractivity contribution in [1.82, 2.24) is 4.90 Å². The topological polar surface area (TPSA) is 52.6 Å². The Morgan fingerprint density at radius 3 is 2.43 bits per heavy atom. The first-order valence-corrected chi connectivity index (χ1v) is 7.85. The molecule has 0 aliphatic rings. The van der Waals surface area contributed by atoms with Crippen LogP contribution < -0.4 is 5.32 Å². The maximum absolute atomic E-state index is 12.7. The summed E-state index contributed by atoms with van der Waals surface area (Å²) in [5.41, 5.74) is 2.82. The predicted molar refractivity (Wildman–Crippen MR) is 87.8 cm³/mol. The number of benzene rings is 1. The van der Waals surface area contributed by atoms with Gasteiger partial charge in [0.1, 0.15) is 0 Å². The molecule has 0 bridgehead atoms. The molecule has 2 N–H and O–H groups in total. The Bertz CT molecular complexity index is 456. The second-order valence-electron chi connectivity index (χ2n) is 5.25. The summed E-state index contributed by atoms with van der Waals surface area (Å²) < 4.78 is 0. The highest BCUT2D eigenvalue weighted by atomic mass is 16.3. The van der Waals surface area contributed by atoms with E-state index in [1.165, 1.54) is 0 Å². The molecular weight excluding hydrogens is 264 g/mol. The fourth-order valence-electron chi connectivity index (χ4n) is 2.64. The van der Waals surface area contributed by atoms with Crippen LogP contribution in [0, 0.1) is 6.92 Å². The molecule has 0 aliphatic heterocycles. The van der Waals surface area contributed by atoms with Crippen LogP contribution in [0.3, 0.4) is 0 Å². The second-order valence-corrected chi connectivity index (χ2v) is 5.25. The van der Waals surface area contributed by atoms with Gasteiger partial charge in [0.05, 0.1) is 6.61 Å². The molecule has 0 unspecified atom stereocenters. The van der Waals surface area contributed by atoms with Gasteiger partial charge in [0.2, 0.25) is 0 Å². The number of rotatable bonds is 8. The number of aryl methyl sites for hydroxylation is 1. The van der Waals surface area contributed by atoms with Crippen LogP contribution in [-0.2, 0) is 0 Å². The van der Waals surface area contributed by atoms with E-state index >= 15 is 0 Å². The van der Waals surface area contributed by atoms with E-state index in [1.54, 1.807) is 4.90 Å². The van der Waals surface area contributed by atoms with Crippen molar-refractivity contribution < 1.29 is 9.90 Å². The molecule has 118 valence electrons. The first kappa shape index (κ1) is 17.5. The number of nitrogens with zero attached hydrogens (tertiary/aromatic N) is 1. The molecule has 0 aliphatic carbocycles. The number of aliphatic hydroxyl groups is 1. The Kier molecular flexibility index (Phi) is 7.23. The first-order valence-electron chi connectivity index (χ1n) is 7.85. The number of carbonyl (C=O) groups excluding carboxylic acids is 1. The normalized spacial score (nSPS) is 10.8. The molecule has 1 aromatic rings. The lowest BCUT2D eigenvalue weighted by Crippen LogP contribution is -2.41. The highest BCUT2D eigenvalue weighted by molar-refractivity contribution is 5.95. The number of aliphatic hydroxyl groups excluding tert-OH is 1. The Balaban J connectivity index is 3.00. The number of amides is 1. The summed E-state index contributed by atoms with van der Waals surface area (Å²) in [6, 6.07) is 5.92. The van der Waals surface area contributed by atoms with E-state index in [0.717, 1.165) is 30.6 Å². The van der Waals surface area contributed by atoms with E-state index in [2.05, 4.69) is 26.1 Å². The van der Waals surface area contributed by atoms with Crippen molar-refractivity contribution in [3.63, 3.8) is 0 Å². The van der Waals surface area contributed by atoms with Gasteiger partial charge in [-0.2, -0.15) is 0 Å². The summed E-state index contributed by atoms with van der Waals surface area (Å²) in [5.74, 6) is 0.00361. The number of nitrogens with one attached hydrogen (secondary N) is 1. The summed E-state index contributed by atoms with van der Waals surface area (Å²) >= 11 is 0. The van der Waals surface area contributed by atoms with Crippen molar-refractivity contribution in [3.8, 4) is 0 Å². The van der Waals surface area contributed by atoms with Crippen LogP contribution >= 0.6 is 0 Å². The van der Waals surface area contributed by atoms with Crippen LogP contribution in [0.25, 0.3) is 0 Å². The lowest BCUT2D eigenvalue weighted by Gasteiger charge is -2.30. The average molecular weight is 292 g/mol. The van der Waals surface area contributed by atoms with E-state index in [-0.39, 0.29) is 18.6 Å². The maximum atomic E-state index is 12.7. The zero-order valence-electron chi connectivity index (χ0n) is 13.6. The Labute approximate surface area is 128 Å². The van der Waals surface area contributed by atoms with Crippen LogP contribution in [0.5, 0.6) is 0 Å². The van der Waals surface area contributed by atoms with Crippen LogP contribution in [0.15, 0.2) is 18.2 Å². The fourth-order valence-corrected chi connectivity index (χ4v) is 2.64. The van der Waals surface area contributed by atoms with E-state index in [1.807, 2.05) is 25.1 Å². The van der Waals surface area contributed by atoms with Gasteiger partial charge in [-0.15, -0.1) is 0 Å². The molecule has 1 aromatic carbocycles. The fraction of sp³-hybridized carbons (Fsp3) is 0.588. The monoisotopic (exact) mass is 292 g/mol. The van der Waals surface area contributed by atoms with E-state index in [0.29, 0.717) is 12.1 Å². The first-order chi connectivity index (χ1) is 10.1. The summed E-state index contributed by atoms with van der Waals surface area (Å²) in [6.45, 7) is 9.45. The predicted octanol–water partition coefficient (Wildman–Crippen LogP) is 3.05. The van der Waals surface area contributed by atoms with Gasteiger partial charge < -0.3 is 15.3 Å². The minimum atomic E-state index is -0.00328. The summed E-state index contributed by atoms with van der Waals surface area (Å²) in [6.07, 6.45) is 1.80. The van der Waals surface area contributed by atoms with E-state index < -0.39 is 0 Å². The van der Waals surface area contributed by atoms with E-state index in [9.17, 15) is 9.90 Å². The number of hydrogen-bond donors (Lipinski definition) is 2. The maximum Gasteiger partial charge on any atom is 0.254 e. The quantitative estimate of drug-likeness (QED) is 0.774. The molecule has 21 heavy (non-hydrogen) atoms. The van der Waals surface area contributed by atoms with Gasteiger partial charge in [-0.1, -0.05) is 13.8 Å². The number of hydrogen-bond acceptors (Lipinski definition) is 3. The van der Waals surface area contributed by atoms with E-state index in [4.69, 9.17) is 0 Å². The zero-order chi connectivity index (χ0) is 15.8. The third-order valence-corrected chi connectivity index (χ3v) is 3.83. The van der Waals surface area contributed by atoms with Gasteiger partial charge in [0, 0.05) is 30.4 Å². The van der Waals surface area contributed by atoms with Crippen molar-refractivity contribution >= 4 is 11.6 Å². The minimum Gasteiger partial charge on any atom is -0.395 e. The molecule has 0 saturated carbocycles. The van der Waals surface area contributed by atoms with Crippen LogP contribution in [0.1, 0.15) is 49.5 Å². The van der Waals surface area contributed by atoms with Crippen molar-refractivity contribution in [3.05, 3.63) is 29.3 Å². The van der Waals surface area contributed by atoms with Crippen LogP contribution in [-0.4, -0.2) is 41.7 Å². The summed E-state index contributed by atoms with van der Waals surface area (Å²) in [4.78, 5) is 14.5. The van der Waals surface area contributed by atoms with Crippen LogP contribution in [0.2, 0.25) is 0 Å². The highest BCUT2D eigenvalue weighted by Gasteiger charge is 2.22. The van der Waals surface area contributed by atoms with Gasteiger partial charge in [-0.25, -0.2) is 0 Å². The van der Waals surface area contributed by atoms with Crippen molar-refractivity contribution in [2.24, 2.45) is 0 Å². The molecule has 0 heterocycles. The Morgan fingerprint density at radius 2 is 1.95 bits per heavy atom. The second kappa shape index (κ2) is 8.67. The SMILES string of the molecule is CCNc1ccc(C(=O)N(CCO)C(CC)CC)cc1C. The standard InChI is InChI=1S/C17H28N2O2/c1-5-15(6-2)19(10-11-20)17(21)14-8-9-16(18-7-3)13(4)12-14/h8-9,12,15,18,20H,5-7,10-11H2,1-4H3. The molecule has 0 atom stereocenters. The largest absolute Gasteiger partial charge is 0.395 e. The molecule has 0 spiro atoms. The average Bonchev–Trinajstić information content (AvgIpc) is 2.49. The molecule has 0 saturated heterocycles. The molecule has 0 aromatic heterocycles. The summed E-state index contributed by atoms with van der Waals surface area (Å²) in [5, 5.41) is 12.5. The van der Waals surface area contributed by atoms with Gasteiger partial charge >= 0.3 is 0 Å². The molecule has 4 nitrogen and oxygen atoms in total. The molecule has 4 heteroatoms. The summed E-state index contributed by atoms with van der Waals surface area (Å²) in [7, 11) is 0. The van der Waals surface area contributed by atoms with Crippen molar-refractivity contribution in [2.45, 2.75) is 46.6 Å². The minimum absolute atomic E-state index is 0.00328. The Hall–Kier alpha value is -1.55. The number of anilines is 1. The highest BCUT2D eigenvalue weighted by Crippen LogP contribution is 2.19. The van der Waals surface area contributed by atoms with Gasteiger partial charge in [0.15, 0.2) is 0 Å². The molecule has 1 amide bonds. The smallest absolute Gasteiger partial charge is 0.254 e. The zero-order valence-corrected chi connectivity index (χ0v) is 13.6. The van der Waals surface area contributed by atoms with Crippen LogP contribution in [0.4, 0.5) is 5.69 Å². The molecule has 1 rings (SSSR count). The van der Waals surface area contributed by atoms with Crippen molar-refractivity contribution in [1.29, 1.82) is 0 Å². The number of carbonyl (C=O) groups is 1. The third kappa shape index (κ3) is 4.46. The van der Waals surface area contributed by atoms with Crippen molar-refractivity contribution in [2.75, 3.05) is 25.0 Å². The molecule has 0 radical (unpaired) electrons. The lowest BCUT2D eigenvalue weighted by molar-refractivity contribution is 0.0622. The lowest BCUT2D eigenvalue weighted by atomic mass is 10.1. The van der Waals surface area contributed by atoms with Gasteiger partial charge in [0.25, 0.3) is 5.91 Å². The van der Waals surface area contributed by atoms with Gasteiger partial charge in [-0.05, 0) is 50.5 Å². The third-order valence-electron chi connectivity index (χ3n) is 3.83. The Morgan fingerprint density at radius 1 is 1.29 bits per heavy atom. The molecular formula is C17H28N2O2. The van der Waals surface area contributed by atoms with Gasteiger partial charge in [-0.3, -0.25) is 4.79 Å². The molecule has 0 fully saturated rings.